The van der Waals surface area contributed by atoms with Crippen molar-refractivity contribution >= 4 is 5.69 Å². The van der Waals surface area contributed by atoms with Crippen molar-refractivity contribution in [2.24, 2.45) is 0 Å². The van der Waals surface area contributed by atoms with Gasteiger partial charge in [0.25, 0.3) is 0 Å². The molecule has 2 aromatic rings. The highest BCUT2D eigenvalue weighted by atomic mass is 19.1. The molecule has 1 aromatic carbocycles. The third kappa shape index (κ3) is 4.26. The summed E-state index contributed by atoms with van der Waals surface area (Å²) in [7, 11) is 0. The van der Waals surface area contributed by atoms with Gasteiger partial charge in [-0.15, -0.1) is 0 Å². The molecule has 1 aliphatic heterocycles. The molecule has 0 spiro atoms. The van der Waals surface area contributed by atoms with Crippen molar-refractivity contribution in [3.8, 4) is 0 Å². The molecule has 1 saturated carbocycles. The molecule has 2 aliphatic rings. The monoisotopic (exact) mass is 357 g/mol. The van der Waals surface area contributed by atoms with Gasteiger partial charge in [-0.05, 0) is 43.5 Å². The van der Waals surface area contributed by atoms with E-state index in [0.29, 0.717) is 5.92 Å². The van der Waals surface area contributed by atoms with Crippen LogP contribution >= 0.6 is 0 Å². The molecular weight excluding hydrogens is 329 g/mol. The zero-order valence-corrected chi connectivity index (χ0v) is 15.4. The van der Waals surface area contributed by atoms with Crippen LogP contribution < -0.4 is 4.90 Å². The summed E-state index contributed by atoms with van der Waals surface area (Å²) in [6.45, 7) is 4.83. The lowest BCUT2D eigenvalue weighted by atomic mass is 9.87. The summed E-state index contributed by atoms with van der Waals surface area (Å²) in [6, 6.07) is 9.01. The first kappa shape index (κ1) is 17.5. The Balaban J connectivity index is 1.33. The molecule has 0 N–H and O–H groups in total. The van der Waals surface area contributed by atoms with E-state index >= 15 is 0 Å². The molecule has 1 aliphatic carbocycles. The van der Waals surface area contributed by atoms with Crippen LogP contribution in [-0.4, -0.2) is 36.2 Å². The number of aromatic nitrogens is 1. The molecule has 0 bridgehead atoms. The first-order valence-corrected chi connectivity index (χ1v) is 9.96. The summed E-state index contributed by atoms with van der Waals surface area (Å²) in [6.07, 6.45) is 7.60. The first-order valence-electron chi connectivity index (χ1n) is 9.96. The topological polar surface area (TPSA) is 32.5 Å². The maximum atomic E-state index is 13.1. The van der Waals surface area contributed by atoms with Crippen LogP contribution in [0.1, 0.15) is 55.9 Å². The van der Waals surface area contributed by atoms with Crippen LogP contribution in [0.15, 0.2) is 34.9 Å². The zero-order valence-electron chi connectivity index (χ0n) is 15.4. The van der Waals surface area contributed by atoms with Crippen LogP contribution in [0.25, 0.3) is 0 Å². The van der Waals surface area contributed by atoms with E-state index in [4.69, 9.17) is 4.52 Å². The molecule has 140 valence electrons. The van der Waals surface area contributed by atoms with Crippen molar-refractivity contribution < 1.29 is 8.91 Å². The number of halogens is 1. The van der Waals surface area contributed by atoms with Gasteiger partial charge in [-0.3, -0.25) is 4.90 Å². The molecular formula is C21H28FN3O. The fourth-order valence-electron chi connectivity index (χ4n) is 4.25. The summed E-state index contributed by atoms with van der Waals surface area (Å²) in [5.74, 6) is 1.41. The van der Waals surface area contributed by atoms with Crippen LogP contribution in [0, 0.1) is 5.82 Å². The van der Waals surface area contributed by atoms with Gasteiger partial charge in [0.2, 0.25) is 0 Å². The summed E-state index contributed by atoms with van der Waals surface area (Å²) < 4.78 is 18.8. The molecule has 4 nitrogen and oxygen atoms in total. The lowest BCUT2D eigenvalue weighted by molar-refractivity contribution is 0.243. The first-order chi connectivity index (χ1) is 12.8. The van der Waals surface area contributed by atoms with Gasteiger partial charge in [0.15, 0.2) is 5.76 Å². The van der Waals surface area contributed by atoms with Gasteiger partial charge >= 0.3 is 0 Å². The molecule has 1 saturated heterocycles. The van der Waals surface area contributed by atoms with Gasteiger partial charge < -0.3 is 9.42 Å². The highest BCUT2D eigenvalue weighted by Gasteiger charge is 2.21. The van der Waals surface area contributed by atoms with Crippen molar-refractivity contribution in [2.45, 2.75) is 51.0 Å². The minimum atomic E-state index is -0.177. The molecule has 0 amide bonds. The van der Waals surface area contributed by atoms with Crippen LogP contribution in [0.5, 0.6) is 0 Å². The van der Waals surface area contributed by atoms with E-state index in [0.717, 1.165) is 56.3 Å². The predicted molar refractivity (Wildman–Crippen MR) is 101 cm³/mol. The third-order valence-electron chi connectivity index (χ3n) is 5.76. The largest absolute Gasteiger partial charge is 0.370 e. The van der Waals surface area contributed by atoms with Crippen LogP contribution in [0.4, 0.5) is 10.1 Å². The summed E-state index contributed by atoms with van der Waals surface area (Å²) >= 11 is 0. The Labute approximate surface area is 155 Å². The van der Waals surface area contributed by atoms with Gasteiger partial charge in [0.05, 0.1) is 12.2 Å². The molecule has 0 atom stereocenters. The highest BCUT2D eigenvalue weighted by Crippen LogP contribution is 2.32. The van der Waals surface area contributed by atoms with E-state index in [1.54, 1.807) is 12.1 Å². The Morgan fingerprint density at radius 1 is 0.962 bits per heavy atom. The Kier molecular flexibility index (Phi) is 5.54. The number of nitrogens with zero attached hydrogens (tertiary/aromatic N) is 3. The highest BCUT2D eigenvalue weighted by molar-refractivity contribution is 5.46. The number of hydrogen-bond acceptors (Lipinski definition) is 4. The normalized spacial score (nSPS) is 20.3. The predicted octanol–water partition coefficient (Wildman–Crippen LogP) is 4.57. The maximum absolute atomic E-state index is 13.1. The summed E-state index contributed by atoms with van der Waals surface area (Å²) in [4.78, 5) is 4.78. The van der Waals surface area contributed by atoms with E-state index in [-0.39, 0.29) is 5.82 Å². The number of benzene rings is 1. The second-order valence-electron chi connectivity index (χ2n) is 7.65. The van der Waals surface area contributed by atoms with Gasteiger partial charge in [-0.25, -0.2) is 4.39 Å². The maximum Gasteiger partial charge on any atom is 0.150 e. The number of hydrogen-bond donors (Lipinski definition) is 0. The van der Waals surface area contributed by atoms with Gasteiger partial charge in [-0.2, -0.15) is 0 Å². The Hall–Kier alpha value is -1.88. The lowest BCUT2D eigenvalue weighted by Crippen LogP contribution is -2.30. The Bertz CT molecular complexity index is 694. The number of rotatable bonds is 4. The fraction of sp³-hybridized carbons (Fsp3) is 0.571. The lowest BCUT2D eigenvalue weighted by Gasteiger charge is -2.23. The summed E-state index contributed by atoms with van der Waals surface area (Å²) in [5.41, 5.74) is 2.26. The SMILES string of the molecule is Fc1ccc(N2CCCN(Cc3cc(C4CCCCC4)no3)CC2)cc1. The molecule has 4 rings (SSSR count). The van der Waals surface area contributed by atoms with E-state index in [2.05, 4.69) is 21.0 Å². The molecule has 2 fully saturated rings. The van der Waals surface area contributed by atoms with Gasteiger partial charge in [-0.1, -0.05) is 24.4 Å². The smallest absolute Gasteiger partial charge is 0.150 e. The van der Waals surface area contributed by atoms with Crippen molar-refractivity contribution in [3.05, 3.63) is 47.6 Å². The van der Waals surface area contributed by atoms with Crippen molar-refractivity contribution in [1.29, 1.82) is 0 Å². The van der Waals surface area contributed by atoms with Crippen molar-refractivity contribution in [3.63, 3.8) is 0 Å². The van der Waals surface area contributed by atoms with Crippen LogP contribution in [0.3, 0.4) is 0 Å². The van der Waals surface area contributed by atoms with E-state index in [1.165, 1.54) is 32.1 Å². The van der Waals surface area contributed by atoms with Crippen molar-refractivity contribution in [1.82, 2.24) is 10.1 Å². The van der Waals surface area contributed by atoms with E-state index in [1.807, 2.05) is 12.1 Å². The third-order valence-corrected chi connectivity index (χ3v) is 5.76. The number of anilines is 1. The zero-order chi connectivity index (χ0) is 17.8. The Morgan fingerprint density at radius 3 is 2.58 bits per heavy atom. The van der Waals surface area contributed by atoms with Crippen LogP contribution in [0.2, 0.25) is 0 Å². The van der Waals surface area contributed by atoms with Crippen molar-refractivity contribution in [2.75, 3.05) is 31.1 Å². The average molecular weight is 357 g/mol. The fourth-order valence-corrected chi connectivity index (χ4v) is 4.25. The van der Waals surface area contributed by atoms with Crippen LogP contribution in [-0.2, 0) is 6.54 Å². The second-order valence-corrected chi connectivity index (χ2v) is 7.65. The van der Waals surface area contributed by atoms with Gasteiger partial charge in [0, 0.05) is 43.9 Å². The molecule has 0 radical (unpaired) electrons. The minimum Gasteiger partial charge on any atom is -0.370 e. The second kappa shape index (κ2) is 8.21. The molecule has 0 unspecified atom stereocenters. The molecule has 2 heterocycles. The molecule has 26 heavy (non-hydrogen) atoms. The van der Waals surface area contributed by atoms with E-state index < -0.39 is 0 Å². The Morgan fingerprint density at radius 2 is 1.77 bits per heavy atom. The quantitative estimate of drug-likeness (QED) is 0.802. The summed E-state index contributed by atoms with van der Waals surface area (Å²) in [5, 5.41) is 4.35. The average Bonchev–Trinajstić information content (AvgIpc) is 3.02. The minimum absolute atomic E-state index is 0.177. The molecule has 5 heteroatoms. The van der Waals surface area contributed by atoms with Gasteiger partial charge in [0.1, 0.15) is 5.82 Å². The molecule has 1 aromatic heterocycles. The standard InChI is InChI=1S/C21H28FN3O/c22-18-7-9-19(10-8-18)25-12-4-11-24(13-14-25)16-20-15-21(23-26-20)17-5-2-1-3-6-17/h7-10,15,17H,1-6,11-14,16H2. The van der Waals surface area contributed by atoms with E-state index in [9.17, 15) is 4.39 Å².